The van der Waals surface area contributed by atoms with E-state index < -0.39 is 15.9 Å². The molecule has 4 nitrogen and oxygen atoms in total. The molecule has 1 rings (SSSR count). The third-order valence-corrected chi connectivity index (χ3v) is 3.54. The number of rotatable bonds is 1. The van der Waals surface area contributed by atoms with E-state index in [9.17, 15) is 8.42 Å². The quantitative estimate of drug-likeness (QED) is 0.446. The van der Waals surface area contributed by atoms with E-state index in [1.54, 1.807) is 12.4 Å². The fourth-order valence-electron chi connectivity index (χ4n) is 1.17. The summed E-state index contributed by atoms with van der Waals surface area (Å²) in [5.41, 5.74) is 0. The molecule has 1 fully saturated rings. The van der Waals surface area contributed by atoms with Gasteiger partial charge >= 0.3 is 0 Å². The SMILES string of the molecule is C[NH2+][C@H]1CS(=O)(=O)C[C@H]1O. The van der Waals surface area contributed by atoms with Gasteiger partial charge in [0.1, 0.15) is 17.9 Å². The lowest BCUT2D eigenvalue weighted by atomic mass is 10.2. The topological polar surface area (TPSA) is 71.0 Å². The molecule has 0 unspecified atom stereocenters. The van der Waals surface area contributed by atoms with Gasteiger partial charge in [-0.05, 0) is 0 Å². The van der Waals surface area contributed by atoms with Crippen molar-refractivity contribution in [3.05, 3.63) is 0 Å². The number of nitrogens with two attached hydrogens (primary N) is 1. The maximum atomic E-state index is 10.8. The molecule has 2 atom stereocenters. The van der Waals surface area contributed by atoms with Crippen molar-refractivity contribution in [2.75, 3.05) is 18.6 Å². The highest BCUT2D eigenvalue weighted by Gasteiger charge is 2.38. The van der Waals surface area contributed by atoms with Crippen LogP contribution in [0.25, 0.3) is 0 Å². The van der Waals surface area contributed by atoms with Crippen LogP contribution in [-0.4, -0.2) is 44.2 Å². The number of hydrogen-bond donors (Lipinski definition) is 2. The highest BCUT2D eigenvalue weighted by molar-refractivity contribution is 7.91. The first kappa shape index (κ1) is 7.97. The van der Waals surface area contributed by atoms with Crippen molar-refractivity contribution >= 4 is 9.84 Å². The summed E-state index contributed by atoms with van der Waals surface area (Å²) in [4.78, 5) is 0. The zero-order valence-corrected chi connectivity index (χ0v) is 6.63. The molecule has 5 heteroatoms. The van der Waals surface area contributed by atoms with E-state index >= 15 is 0 Å². The Hall–Kier alpha value is -0.130. The van der Waals surface area contributed by atoms with Crippen molar-refractivity contribution in [3.8, 4) is 0 Å². The van der Waals surface area contributed by atoms with Gasteiger partial charge in [-0.25, -0.2) is 8.42 Å². The van der Waals surface area contributed by atoms with Crippen molar-refractivity contribution in [3.63, 3.8) is 0 Å². The van der Waals surface area contributed by atoms with Crippen molar-refractivity contribution in [2.45, 2.75) is 12.1 Å². The van der Waals surface area contributed by atoms with Crippen LogP contribution in [0.5, 0.6) is 0 Å². The van der Waals surface area contributed by atoms with Crippen LogP contribution < -0.4 is 5.32 Å². The van der Waals surface area contributed by atoms with Crippen LogP contribution in [0.15, 0.2) is 0 Å². The molecule has 0 radical (unpaired) electrons. The van der Waals surface area contributed by atoms with E-state index in [0.717, 1.165) is 0 Å². The minimum absolute atomic E-state index is 0.0675. The molecule has 60 valence electrons. The van der Waals surface area contributed by atoms with E-state index in [4.69, 9.17) is 5.11 Å². The van der Waals surface area contributed by atoms with E-state index in [0.29, 0.717) is 0 Å². The summed E-state index contributed by atoms with van der Waals surface area (Å²) < 4.78 is 21.7. The van der Waals surface area contributed by atoms with Crippen LogP contribution in [-0.2, 0) is 9.84 Å². The molecule has 0 aromatic rings. The average Bonchev–Trinajstić information content (AvgIpc) is 2.05. The Kier molecular flexibility index (Phi) is 1.98. The van der Waals surface area contributed by atoms with Crippen molar-refractivity contribution < 1.29 is 18.8 Å². The molecule has 3 N–H and O–H groups in total. The molecular formula is C5H12NO3S+. The lowest BCUT2D eigenvalue weighted by molar-refractivity contribution is -0.664. The van der Waals surface area contributed by atoms with Gasteiger partial charge in [-0.2, -0.15) is 0 Å². The van der Waals surface area contributed by atoms with E-state index in [1.165, 1.54) is 0 Å². The predicted octanol–water partition coefficient (Wildman–Crippen LogP) is -2.66. The maximum absolute atomic E-state index is 10.8. The third-order valence-electron chi connectivity index (χ3n) is 1.79. The first-order valence-electron chi connectivity index (χ1n) is 3.23. The zero-order valence-electron chi connectivity index (χ0n) is 5.82. The Morgan fingerprint density at radius 2 is 2.10 bits per heavy atom. The van der Waals surface area contributed by atoms with Gasteiger partial charge in [0, 0.05) is 0 Å². The van der Waals surface area contributed by atoms with Gasteiger partial charge in [0.2, 0.25) is 0 Å². The van der Waals surface area contributed by atoms with Crippen LogP contribution >= 0.6 is 0 Å². The molecule has 0 aromatic heterocycles. The minimum Gasteiger partial charge on any atom is -0.386 e. The molecule has 0 amide bonds. The molecule has 0 bridgehead atoms. The fourth-order valence-corrected chi connectivity index (χ4v) is 3.08. The van der Waals surface area contributed by atoms with Crippen molar-refractivity contribution in [1.82, 2.24) is 0 Å². The molecule has 0 saturated carbocycles. The smallest absolute Gasteiger partial charge is 0.159 e. The standard InChI is InChI=1S/C5H11NO3S/c1-6-4-2-10(8,9)3-5(4)7/h4-7H,2-3H2,1H3/p+1/t4-,5+/m0/s1. The Bertz CT molecular complexity index is 211. The summed E-state index contributed by atoms with van der Waals surface area (Å²) in [6.45, 7) is 0. The minimum atomic E-state index is -2.94. The fraction of sp³-hybridized carbons (Fsp3) is 1.00. The van der Waals surface area contributed by atoms with Crippen molar-refractivity contribution in [1.29, 1.82) is 0 Å². The first-order valence-corrected chi connectivity index (χ1v) is 5.05. The summed E-state index contributed by atoms with van der Waals surface area (Å²) in [5.74, 6) is 0.0483. The van der Waals surface area contributed by atoms with Crippen LogP contribution in [0, 0.1) is 0 Å². The van der Waals surface area contributed by atoms with Gasteiger partial charge < -0.3 is 10.4 Å². The van der Waals surface area contributed by atoms with Gasteiger partial charge in [0.05, 0.1) is 12.8 Å². The third kappa shape index (κ3) is 1.47. The van der Waals surface area contributed by atoms with Crippen LogP contribution in [0.4, 0.5) is 0 Å². The van der Waals surface area contributed by atoms with Crippen LogP contribution in [0.2, 0.25) is 0 Å². The molecule has 0 aliphatic carbocycles. The second-order valence-electron chi connectivity index (χ2n) is 2.64. The molecule has 0 aromatic carbocycles. The Balaban J connectivity index is 2.71. The number of aliphatic hydroxyl groups excluding tert-OH is 1. The maximum Gasteiger partial charge on any atom is 0.159 e. The predicted molar refractivity (Wildman–Crippen MR) is 36.3 cm³/mol. The second-order valence-corrected chi connectivity index (χ2v) is 4.80. The first-order chi connectivity index (χ1) is 4.55. The monoisotopic (exact) mass is 166 g/mol. The second kappa shape index (κ2) is 2.48. The molecule has 1 heterocycles. The number of aliphatic hydroxyl groups is 1. The lowest BCUT2D eigenvalue weighted by Crippen LogP contribution is -2.89. The number of quaternary nitrogens is 1. The van der Waals surface area contributed by atoms with Gasteiger partial charge in [-0.15, -0.1) is 0 Å². The zero-order chi connectivity index (χ0) is 7.78. The van der Waals surface area contributed by atoms with Gasteiger partial charge in [-0.3, -0.25) is 0 Å². The average molecular weight is 166 g/mol. The molecule has 1 aliphatic rings. The number of hydrogen-bond acceptors (Lipinski definition) is 3. The van der Waals surface area contributed by atoms with Crippen molar-refractivity contribution in [2.24, 2.45) is 0 Å². The van der Waals surface area contributed by atoms with E-state index in [-0.39, 0.29) is 17.5 Å². The molecule has 1 saturated heterocycles. The summed E-state index contributed by atoms with van der Waals surface area (Å²) in [6.07, 6.45) is -0.671. The van der Waals surface area contributed by atoms with Gasteiger partial charge in [0.15, 0.2) is 9.84 Å². The Morgan fingerprint density at radius 3 is 2.30 bits per heavy atom. The molecular weight excluding hydrogens is 154 g/mol. The highest BCUT2D eigenvalue weighted by Crippen LogP contribution is 2.08. The summed E-state index contributed by atoms with van der Waals surface area (Å²) >= 11 is 0. The summed E-state index contributed by atoms with van der Waals surface area (Å²) in [7, 11) is -1.17. The molecule has 10 heavy (non-hydrogen) atoms. The van der Waals surface area contributed by atoms with Gasteiger partial charge in [0.25, 0.3) is 0 Å². The van der Waals surface area contributed by atoms with E-state index in [2.05, 4.69) is 0 Å². The summed E-state index contributed by atoms with van der Waals surface area (Å²) in [6, 6.07) is -0.148. The normalized spacial score (nSPS) is 38.2. The number of likely N-dealkylation sites (N-methyl/N-ethyl adjacent to an activating group) is 1. The van der Waals surface area contributed by atoms with Gasteiger partial charge in [-0.1, -0.05) is 0 Å². The highest BCUT2D eigenvalue weighted by atomic mass is 32.2. The Morgan fingerprint density at radius 1 is 1.50 bits per heavy atom. The van der Waals surface area contributed by atoms with Crippen LogP contribution in [0.1, 0.15) is 0 Å². The lowest BCUT2D eigenvalue weighted by Gasteiger charge is -2.05. The largest absolute Gasteiger partial charge is 0.386 e. The van der Waals surface area contributed by atoms with E-state index in [1.807, 2.05) is 0 Å². The Labute approximate surface area is 60.2 Å². The molecule has 1 aliphatic heterocycles. The van der Waals surface area contributed by atoms with Crippen LogP contribution in [0.3, 0.4) is 0 Å². The number of sulfone groups is 1. The summed E-state index contributed by atoms with van der Waals surface area (Å²) in [5, 5.41) is 10.9. The molecule has 0 spiro atoms.